The molecular formula is C12H18ClNOS. The molecule has 1 saturated heterocycles. The molecule has 2 rings (SSSR count). The molecule has 2 heterocycles. The van der Waals surface area contributed by atoms with Crippen LogP contribution in [0.25, 0.3) is 0 Å². The zero-order chi connectivity index (χ0) is 11.4. The molecule has 0 bridgehead atoms. The second-order valence-electron chi connectivity index (χ2n) is 4.32. The topological polar surface area (TPSA) is 21.3 Å². The van der Waals surface area contributed by atoms with Gasteiger partial charge in [0, 0.05) is 24.1 Å². The molecule has 1 fully saturated rings. The number of ether oxygens (including phenoxy) is 1. The van der Waals surface area contributed by atoms with Crippen LogP contribution in [-0.4, -0.2) is 25.8 Å². The van der Waals surface area contributed by atoms with Gasteiger partial charge in [-0.3, -0.25) is 0 Å². The summed E-state index contributed by atoms with van der Waals surface area (Å²) in [5, 5.41) is 3.57. The van der Waals surface area contributed by atoms with Crippen LogP contribution in [0.4, 0.5) is 0 Å². The fourth-order valence-corrected chi connectivity index (χ4v) is 3.11. The monoisotopic (exact) mass is 259 g/mol. The van der Waals surface area contributed by atoms with Crippen LogP contribution in [-0.2, 0) is 11.2 Å². The Morgan fingerprint density at radius 2 is 2.50 bits per heavy atom. The molecule has 2 atom stereocenters. The second-order valence-corrected chi connectivity index (χ2v) is 6.12. The summed E-state index contributed by atoms with van der Waals surface area (Å²) in [6, 6.07) is 4.63. The lowest BCUT2D eigenvalue weighted by Crippen LogP contribution is -2.35. The van der Waals surface area contributed by atoms with Gasteiger partial charge in [0.2, 0.25) is 0 Å². The Labute approximate surface area is 106 Å². The second kappa shape index (κ2) is 6.01. The normalized spacial score (nSPS) is 22.5. The molecule has 1 aliphatic heterocycles. The van der Waals surface area contributed by atoms with Gasteiger partial charge in [-0.25, -0.2) is 0 Å². The standard InChI is InChI=1S/C12H18ClNOS/c1-9(10-5-7-15-8-10)14-6-4-11-2-3-12(13)16-11/h2-3,9-10,14H,4-8H2,1H3. The van der Waals surface area contributed by atoms with Gasteiger partial charge in [0.1, 0.15) is 0 Å². The SMILES string of the molecule is CC(NCCc1ccc(Cl)s1)C1CCOC1. The lowest BCUT2D eigenvalue weighted by atomic mass is 10.0. The number of halogens is 1. The molecule has 4 heteroatoms. The molecule has 1 aromatic rings. The molecule has 0 amide bonds. The molecule has 0 spiro atoms. The van der Waals surface area contributed by atoms with Crippen molar-refractivity contribution < 1.29 is 4.74 Å². The third-order valence-corrected chi connectivity index (χ3v) is 4.43. The summed E-state index contributed by atoms with van der Waals surface area (Å²) < 4.78 is 6.27. The predicted molar refractivity (Wildman–Crippen MR) is 69.4 cm³/mol. The molecule has 0 aliphatic carbocycles. The molecule has 1 N–H and O–H groups in total. The third kappa shape index (κ3) is 3.45. The highest BCUT2D eigenvalue weighted by Gasteiger charge is 2.21. The van der Waals surface area contributed by atoms with Crippen LogP contribution in [0.1, 0.15) is 18.2 Å². The number of thiophene rings is 1. The van der Waals surface area contributed by atoms with E-state index in [4.69, 9.17) is 16.3 Å². The Balaban J connectivity index is 1.67. The Bertz CT molecular complexity index is 323. The average Bonchev–Trinajstić information content (AvgIpc) is 2.89. The summed E-state index contributed by atoms with van der Waals surface area (Å²) in [5.41, 5.74) is 0. The summed E-state index contributed by atoms with van der Waals surface area (Å²) in [6.07, 6.45) is 2.26. The van der Waals surface area contributed by atoms with Crippen molar-refractivity contribution in [1.82, 2.24) is 5.32 Å². The van der Waals surface area contributed by atoms with E-state index < -0.39 is 0 Å². The first-order valence-corrected chi connectivity index (χ1v) is 7.00. The Hall–Kier alpha value is -0.0900. The Kier molecular flexibility index (Phi) is 4.65. The number of rotatable bonds is 5. The third-order valence-electron chi connectivity index (χ3n) is 3.14. The van der Waals surface area contributed by atoms with Gasteiger partial charge in [-0.1, -0.05) is 11.6 Å². The summed E-state index contributed by atoms with van der Waals surface area (Å²) in [6.45, 7) is 5.12. The minimum absolute atomic E-state index is 0.554. The molecule has 2 unspecified atom stereocenters. The van der Waals surface area contributed by atoms with Crippen LogP contribution in [0.15, 0.2) is 12.1 Å². The van der Waals surface area contributed by atoms with Crippen molar-refractivity contribution in [2.45, 2.75) is 25.8 Å². The van der Waals surface area contributed by atoms with Gasteiger partial charge in [0.25, 0.3) is 0 Å². The van der Waals surface area contributed by atoms with Gasteiger partial charge in [-0.05, 0) is 37.8 Å². The molecule has 0 radical (unpaired) electrons. The molecular weight excluding hydrogens is 242 g/mol. The maximum absolute atomic E-state index is 5.89. The van der Waals surface area contributed by atoms with Crippen molar-refractivity contribution in [3.63, 3.8) is 0 Å². The van der Waals surface area contributed by atoms with Gasteiger partial charge < -0.3 is 10.1 Å². The van der Waals surface area contributed by atoms with E-state index in [9.17, 15) is 0 Å². The summed E-state index contributed by atoms with van der Waals surface area (Å²) in [4.78, 5) is 1.35. The van der Waals surface area contributed by atoms with Crippen molar-refractivity contribution in [3.8, 4) is 0 Å². The van der Waals surface area contributed by atoms with E-state index in [1.54, 1.807) is 11.3 Å². The van der Waals surface area contributed by atoms with E-state index >= 15 is 0 Å². The van der Waals surface area contributed by atoms with Gasteiger partial charge in [0.15, 0.2) is 0 Å². The quantitative estimate of drug-likeness (QED) is 0.878. The van der Waals surface area contributed by atoms with Gasteiger partial charge in [-0.15, -0.1) is 11.3 Å². The van der Waals surface area contributed by atoms with Gasteiger partial charge in [0.05, 0.1) is 10.9 Å². The molecule has 0 saturated carbocycles. The minimum atomic E-state index is 0.554. The number of nitrogens with one attached hydrogen (secondary N) is 1. The first-order valence-electron chi connectivity index (χ1n) is 5.81. The number of hydrogen-bond acceptors (Lipinski definition) is 3. The highest BCUT2D eigenvalue weighted by molar-refractivity contribution is 7.16. The van der Waals surface area contributed by atoms with E-state index in [0.29, 0.717) is 12.0 Å². The van der Waals surface area contributed by atoms with Crippen LogP contribution in [0, 0.1) is 5.92 Å². The van der Waals surface area contributed by atoms with E-state index in [-0.39, 0.29) is 0 Å². The van der Waals surface area contributed by atoms with Crippen molar-refractivity contribution in [3.05, 3.63) is 21.3 Å². The Morgan fingerprint density at radius 3 is 3.12 bits per heavy atom. The predicted octanol–water partition coefficient (Wildman–Crippen LogP) is 2.96. The van der Waals surface area contributed by atoms with Gasteiger partial charge >= 0.3 is 0 Å². The summed E-state index contributed by atoms with van der Waals surface area (Å²) >= 11 is 7.56. The van der Waals surface area contributed by atoms with Crippen molar-refractivity contribution >= 4 is 22.9 Å². The molecule has 1 aliphatic rings. The maximum atomic E-state index is 5.89. The molecule has 16 heavy (non-hydrogen) atoms. The molecule has 2 nitrogen and oxygen atoms in total. The van der Waals surface area contributed by atoms with Crippen LogP contribution in [0.2, 0.25) is 4.34 Å². The zero-order valence-electron chi connectivity index (χ0n) is 9.54. The number of hydrogen-bond donors (Lipinski definition) is 1. The highest BCUT2D eigenvalue weighted by Crippen LogP contribution is 2.21. The smallest absolute Gasteiger partial charge is 0.0931 e. The van der Waals surface area contributed by atoms with E-state index in [1.165, 1.54) is 11.3 Å². The summed E-state index contributed by atoms with van der Waals surface area (Å²) in [7, 11) is 0. The van der Waals surface area contributed by atoms with Crippen molar-refractivity contribution in [1.29, 1.82) is 0 Å². The van der Waals surface area contributed by atoms with Gasteiger partial charge in [-0.2, -0.15) is 0 Å². The van der Waals surface area contributed by atoms with E-state index in [1.807, 2.05) is 6.07 Å². The molecule has 0 aromatic carbocycles. The molecule has 90 valence electrons. The van der Waals surface area contributed by atoms with E-state index in [0.717, 1.165) is 30.5 Å². The van der Waals surface area contributed by atoms with Crippen molar-refractivity contribution in [2.75, 3.05) is 19.8 Å². The lowest BCUT2D eigenvalue weighted by Gasteiger charge is -2.18. The fourth-order valence-electron chi connectivity index (χ4n) is 2.02. The van der Waals surface area contributed by atoms with Crippen LogP contribution < -0.4 is 5.32 Å². The first-order chi connectivity index (χ1) is 7.75. The van der Waals surface area contributed by atoms with Crippen LogP contribution >= 0.6 is 22.9 Å². The van der Waals surface area contributed by atoms with Crippen LogP contribution in [0.3, 0.4) is 0 Å². The lowest BCUT2D eigenvalue weighted by molar-refractivity contribution is 0.178. The first kappa shape index (κ1) is 12.4. The largest absolute Gasteiger partial charge is 0.381 e. The zero-order valence-corrected chi connectivity index (χ0v) is 11.1. The Morgan fingerprint density at radius 1 is 1.62 bits per heavy atom. The average molecular weight is 260 g/mol. The maximum Gasteiger partial charge on any atom is 0.0931 e. The molecule has 1 aromatic heterocycles. The van der Waals surface area contributed by atoms with Crippen LogP contribution in [0.5, 0.6) is 0 Å². The highest BCUT2D eigenvalue weighted by atomic mass is 35.5. The fraction of sp³-hybridized carbons (Fsp3) is 0.667. The van der Waals surface area contributed by atoms with E-state index in [2.05, 4.69) is 18.3 Å². The van der Waals surface area contributed by atoms with Crippen molar-refractivity contribution in [2.24, 2.45) is 5.92 Å². The minimum Gasteiger partial charge on any atom is -0.381 e. The summed E-state index contributed by atoms with van der Waals surface area (Å²) in [5.74, 6) is 0.687.